The lowest BCUT2D eigenvalue weighted by atomic mass is 9.70. The highest BCUT2D eigenvalue weighted by molar-refractivity contribution is 8.00. The summed E-state index contributed by atoms with van der Waals surface area (Å²) in [5, 5.41) is 10.9. The summed E-state index contributed by atoms with van der Waals surface area (Å²) in [5.41, 5.74) is 0.309. The molecule has 1 aromatic heterocycles. The highest BCUT2D eigenvalue weighted by atomic mass is 35.5. The Kier molecular flexibility index (Phi) is 4.40. The molecule has 4 nitrogen and oxygen atoms in total. The maximum absolute atomic E-state index is 14.6. The van der Waals surface area contributed by atoms with Crippen LogP contribution in [-0.2, 0) is 0 Å². The van der Waals surface area contributed by atoms with Crippen LogP contribution in [0.2, 0.25) is 0 Å². The number of benzene rings is 2. The fourth-order valence-electron chi connectivity index (χ4n) is 3.93. The predicted molar refractivity (Wildman–Crippen MR) is 99.3 cm³/mol. The molecule has 0 aliphatic heterocycles. The average Bonchev–Trinajstić information content (AvgIpc) is 3.21. The van der Waals surface area contributed by atoms with E-state index in [2.05, 4.69) is 15.5 Å². The van der Waals surface area contributed by atoms with Gasteiger partial charge in [-0.25, -0.2) is 17.6 Å². The molecule has 0 amide bonds. The molecule has 0 saturated heterocycles. The van der Waals surface area contributed by atoms with Crippen molar-refractivity contribution >= 4 is 23.4 Å². The predicted octanol–water partition coefficient (Wildman–Crippen LogP) is 4.74. The lowest BCUT2D eigenvalue weighted by molar-refractivity contribution is 0.381. The third kappa shape index (κ3) is 2.71. The van der Waals surface area contributed by atoms with E-state index in [-0.39, 0.29) is 11.1 Å². The van der Waals surface area contributed by atoms with E-state index in [0.29, 0.717) is 10.8 Å². The number of rotatable bonds is 3. The number of hydrogen-bond acceptors (Lipinski definition) is 4. The van der Waals surface area contributed by atoms with E-state index in [9.17, 15) is 17.6 Å². The van der Waals surface area contributed by atoms with Gasteiger partial charge in [-0.1, -0.05) is 42.1 Å². The zero-order valence-corrected chi connectivity index (χ0v) is 16.0. The van der Waals surface area contributed by atoms with Crippen molar-refractivity contribution in [2.24, 2.45) is 0 Å². The van der Waals surface area contributed by atoms with Gasteiger partial charge in [0.25, 0.3) is 0 Å². The van der Waals surface area contributed by atoms with Crippen LogP contribution >= 0.6 is 23.4 Å². The largest absolute Gasteiger partial charge is 0.214 e. The number of aromatic nitrogens is 4. The number of allylic oxidation sites excluding steroid dienone is 2. The maximum atomic E-state index is 14.6. The summed E-state index contributed by atoms with van der Waals surface area (Å²) >= 11 is 7.77. The molecule has 2 bridgehead atoms. The Bertz CT molecular complexity index is 1140. The second-order valence-electron chi connectivity index (χ2n) is 6.76. The number of tetrazole rings is 1. The Morgan fingerprint density at radius 1 is 0.862 bits per heavy atom. The molecule has 0 fully saturated rings. The molecule has 3 aliphatic rings. The highest BCUT2D eigenvalue weighted by Crippen LogP contribution is 2.54. The van der Waals surface area contributed by atoms with Crippen molar-refractivity contribution in [3.05, 3.63) is 76.9 Å². The van der Waals surface area contributed by atoms with Crippen molar-refractivity contribution in [3.8, 4) is 5.69 Å². The molecule has 0 spiro atoms. The first-order chi connectivity index (χ1) is 14.0. The quantitative estimate of drug-likeness (QED) is 0.195. The molecule has 3 aromatic rings. The molecule has 4 atom stereocenters. The van der Waals surface area contributed by atoms with E-state index >= 15 is 0 Å². The van der Waals surface area contributed by atoms with Crippen molar-refractivity contribution in [2.75, 3.05) is 0 Å². The molecule has 148 valence electrons. The fourth-order valence-corrected chi connectivity index (χ4v) is 5.70. The van der Waals surface area contributed by atoms with Gasteiger partial charge in [0.1, 0.15) is 0 Å². The van der Waals surface area contributed by atoms with Crippen molar-refractivity contribution < 1.29 is 17.6 Å². The Morgan fingerprint density at radius 2 is 1.48 bits per heavy atom. The van der Waals surface area contributed by atoms with Crippen LogP contribution in [0.3, 0.4) is 0 Å². The Balaban J connectivity index is 1.57. The summed E-state index contributed by atoms with van der Waals surface area (Å²) in [6.45, 7) is 0. The van der Waals surface area contributed by atoms with Gasteiger partial charge in [-0.2, -0.15) is 4.68 Å². The molecule has 2 aromatic carbocycles. The van der Waals surface area contributed by atoms with Crippen molar-refractivity contribution in [3.63, 3.8) is 0 Å². The molecular formula is C19H11ClF4N4S. The Hall–Kier alpha value is -2.39. The molecule has 29 heavy (non-hydrogen) atoms. The van der Waals surface area contributed by atoms with Crippen LogP contribution in [0.1, 0.15) is 23.0 Å². The van der Waals surface area contributed by atoms with Gasteiger partial charge >= 0.3 is 0 Å². The number of nitrogens with zero attached hydrogens (tertiary/aromatic N) is 4. The third-order valence-electron chi connectivity index (χ3n) is 5.23. The van der Waals surface area contributed by atoms with E-state index in [1.165, 1.54) is 16.4 Å². The molecule has 4 unspecified atom stereocenters. The smallest absolute Gasteiger partial charge is 0.203 e. The van der Waals surface area contributed by atoms with E-state index < -0.39 is 45.7 Å². The lowest BCUT2D eigenvalue weighted by Gasteiger charge is -2.43. The van der Waals surface area contributed by atoms with Crippen LogP contribution in [0.25, 0.3) is 5.69 Å². The maximum Gasteiger partial charge on any atom is 0.214 e. The van der Waals surface area contributed by atoms with Gasteiger partial charge in [-0.15, -0.1) is 16.7 Å². The fraction of sp³-hybridized carbons (Fsp3) is 0.211. The summed E-state index contributed by atoms with van der Waals surface area (Å²) in [6, 6.07) is 9.13. The second-order valence-corrected chi connectivity index (χ2v) is 8.40. The number of para-hydroxylation sites is 1. The van der Waals surface area contributed by atoms with Crippen LogP contribution in [0.15, 0.2) is 47.6 Å². The van der Waals surface area contributed by atoms with Crippen LogP contribution in [-0.4, -0.2) is 30.8 Å². The summed E-state index contributed by atoms with van der Waals surface area (Å²) in [6.07, 6.45) is 3.27. The lowest BCUT2D eigenvalue weighted by Crippen LogP contribution is -2.40. The number of fused-ring (bicyclic) bond motifs is 1. The first-order valence-corrected chi connectivity index (χ1v) is 9.99. The normalized spacial score (nSPS) is 24.7. The summed E-state index contributed by atoms with van der Waals surface area (Å²) in [4.78, 5) is 0. The zero-order chi connectivity index (χ0) is 20.3. The van der Waals surface area contributed by atoms with Crippen LogP contribution < -0.4 is 0 Å². The van der Waals surface area contributed by atoms with Gasteiger partial charge in [0, 0.05) is 28.2 Å². The first-order valence-electron chi connectivity index (χ1n) is 8.67. The number of halogens is 5. The Morgan fingerprint density at radius 3 is 2.17 bits per heavy atom. The minimum atomic E-state index is -1.82. The number of thioether (sulfide) groups is 1. The second kappa shape index (κ2) is 6.84. The van der Waals surface area contributed by atoms with E-state index in [4.69, 9.17) is 11.6 Å². The van der Waals surface area contributed by atoms with Gasteiger partial charge in [-0.05, 0) is 22.6 Å². The minimum absolute atomic E-state index is 0.193. The van der Waals surface area contributed by atoms with Crippen LogP contribution in [0.4, 0.5) is 17.6 Å². The van der Waals surface area contributed by atoms with Gasteiger partial charge in [-0.3, -0.25) is 0 Å². The monoisotopic (exact) mass is 438 g/mol. The van der Waals surface area contributed by atoms with Crippen molar-refractivity contribution in [1.29, 1.82) is 0 Å². The van der Waals surface area contributed by atoms with Gasteiger partial charge < -0.3 is 0 Å². The van der Waals surface area contributed by atoms with Crippen molar-refractivity contribution in [1.82, 2.24) is 20.2 Å². The summed E-state index contributed by atoms with van der Waals surface area (Å²) < 4.78 is 58.2. The van der Waals surface area contributed by atoms with Crippen LogP contribution in [0, 0.1) is 23.3 Å². The minimum Gasteiger partial charge on any atom is -0.203 e. The molecule has 1 heterocycles. The molecule has 0 N–H and O–H groups in total. The molecule has 3 aliphatic carbocycles. The topological polar surface area (TPSA) is 43.6 Å². The summed E-state index contributed by atoms with van der Waals surface area (Å²) in [7, 11) is 0. The standard InChI is InChI=1S/C19H11ClF4N4S/c20-13-9-6-7-10(12-11(9)14(21)16(23)17(24)15(12)22)18(13)29-19-25-26-27-28(19)8-4-2-1-3-5-8/h1-7,9-10,13,18H. The first kappa shape index (κ1) is 18.6. The zero-order valence-electron chi connectivity index (χ0n) is 14.4. The van der Waals surface area contributed by atoms with Gasteiger partial charge in [0.2, 0.25) is 5.16 Å². The van der Waals surface area contributed by atoms with E-state index in [1.807, 2.05) is 30.3 Å². The number of hydrogen-bond donors (Lipinski definition) is 0. The van der Waals surface area contributed by atoms with Gasteiger partial charge in [0.15, 0.2) is 23.3 Å². The highest BCUT2D eigenvalue weighted by Gasteiger charge is 2.49. The summed E-state index contributed by atoms with van der Waals surface area (Å²) in [5.74, 6) is -7.95. The van der Waals surface area contributed by atoms with E-state index in [0.717, 1.165) is 0 Å². The average molecular weight is 439 g/mol. The number of alkyl halides is 1. The molecule has 6 rings (SSSR count). The SMILES string of the molecule is Fc1c(F)c(F)c2c(c1F)C1C=CC2C(Sc2nnnn2-c2ccccc2)C1Cl. The van der Waals surface area contributed by atoms with E-state index in [1.54, 1.807) is 12.2 Å². The molecule has 0 radical (unpaired) electrons. The van der Waals surface area contributed by atoms with Crippen LogP contribution in [0.5, 0.6) is 0 Å². The molecule has 10 heteroatoms. The third-order valence-corrected chi connectivity index (χ3v) is 7.24. The Labute approximate surface area is 171 Å². The molecule has 0 saturated carbocycles. The van der Waals surface area contributed by atoms with Gasteiger partial charge in [0.05, 0.1) is 11.1 Å². The van der Waals surface area contributed by atoms with Crippen molar-refractivity contribution in [2.45, 2.75) is 27.6 Å². The molecular weight excluding hydrogens is 428 g/mol.